The van der Waals surface area contributed by atoms with Gasteiger partial charge in [0, 0.05) is 26.2 Å². The van der Waals surface area contributed by atoms with Crippen molar-refractivity contribution >= 4 is 51.9 Å². The van der Waals surface area contributed by atoms with Crippen molar-refractivity contribution in [2.45, 2.75) is 18.2 Å². The Kier molecular flexibility index (Phi) is 6.34. The van der Waals surface area contributed by atoms with Crippen LogP contribution in [0, 0.1) is 0 Å². The zero-order chi connectivity index (χ0) is 19.4. The second kappa shape index (κ2) is 8.71. The van der Waals surface area contributed by atoms with Gasteiger partial charge >= 0.3 is 5.97 Å². The van der Waals surface area contributed by atoms with Crippen LogP contribution in [0.15, 0.2) is 24.3 Å². The molecular formula is C18H20Cl2N4O3. The average Bonchev–Trinajstić information content (AvgIpc) is 2.92. The monoisotopic (exact) mass is 410 g/mol. The van der Waals surface area contributed by atoms with Crippen molar-refractivity contribution in [2.75, 3.05) is 37.7 Å². The predicted molar refractivity (Wildman–Crippen MR) is 104 cm³/mol. The lowest BCUT2D eigenvalue weighted by Gasteiger charge is -2.24. The second-order valence-electron chi connectivity index (χ2n) is 6.07. The average molecular weight is 411 g/mol. The fourth-order valence-corrected chi connectivity index (χ4v) is 3.31. The fraction of sp³-hybridized carbons (Fsp3) is 0.444. The van der Waals surface area contributed by atoms with Gasteiger partial charge in [-0.3, -0.25) is 4.79 Å². The number of ether oxygens (including phenoxy) is 1. The maximum atomic E-state index is 12.4. The van der Waals surface area contributed by atoms with E-state index in [-0.39, 0.29) is 18.2 Å². The van der Waals surface area contributed by atoms with Gasteiger partial charge in [-0.2, -0.15) is 0 Å². The maximum absolute atomic E-state index is 12.4. The minimum Gasteiger partial charge on any atom is -0.461 e. The Morgan fingerprint density at radius 2 is 1.81 bits per heavy atom. The first-order valence-electron chi connectivity index (χ1n) is 8.77. The number of nitrogens with zero attached hydrogens (tertiary/aromatic N) is 4. The van der Waals surface area contributed by atoms with Crippen LogP contribution in [0.3, 0.4) is 0 Å². The Balaban J connectivity index is 1.93. The highest BCUT2D eigenvalue weighted by molar-refractivity contribution is 6.53. The van der Waals surface area contributed by atoms with E-state index in [0.29, 0.717) is 49.5 Å². The molecule has 0 atom stereocenters. The topological polar surface area (TPSA) is 75.6 Å². The summed E-state index contributed by atoms with van der Waals surface area (Å²) in [7, 11) is 0. The van der Waals surface area contributed by atoms with Gasteiger partial charge in [0.2, 0.25) is 0 Å². The Labute approximate surface area is 167 Å². The van der Waals surface area contributed by atoms with Crippen molar-refractivity contribution in [1.82, 2.24) is 14.9 Å². The van der Waals surface area contributed by atoms with Crippen molar-refractivity contribution in [2.24, 2.45) is 0 Å². The highest BCUT2D eigenvalue weighted by Crippen LogP contribution is 2.23. The lowest BCUT2D eigenvalue weighted by molar-refractivity contribution is -0.129. The van der Waals surface area contributed by atoms with Gasteiger partial charge in [0.1, 0.15) is 0 Å². The Hall–Kier alpha value is -2.12. The molecule has 2 aromatic rings. The number of hydrogen-bond donors (Lipinski definition) is 0. The number of fused-ring (bicyclic) bond motifs is 1. The molecule has 7 nitrogen and oxygen atoms in total. The number of para-hydroxylation sites is 2. The molecule has 0 aliphatic carbocycles. The number of aromatic nitrogens is 2. The number of anilines is 1. The summed E-state index contributed by atoms with van der Waals surface area (Å²) < 4.78 is 5.16. The summed E-state index contributed by atoms with van der Waals surface area (Å²) in [5.74, 6) is -0.352. The molecule has 144 valence electrons. The van der Waals surface area contributed by atoms with Crippen LogP contribution in [0.25, 0.3) is 11.0 Å². The van der Waals surface area contributed by atoms with Crippen molar-refractivity contribution in [3.05, 3.63) is 30.0 Å². The first kappa shape index (κ1) is 19.6. The molecule has 1 aliphatic rings. The third-order valence-electron chi connectivity index (χ3n) is 4.31. The molecule has 9 heteroatoms. The number of halogens is 2. The summed E-state index contributed by atoms with van der Waals surface area (Å²) in [6.07, 6.45) is 0.697. The van der Waals surface area contributed by atoms with Crippen molar-refractivity contribution in [3.63, 3.8) is 0 Å². The van der Waals surface area contributed by atoms with Crippen molar-refractivity contribution in [1.29, 1.82) is 0 Å². The number of alkyl halides is 2. The van der Waals surface area contributed by atoms with Gasteiger partial charge in [-0.25, -0.2) is 14.8 Å². The van der Waals surface area contributed by atoms with Gasteiger partial charge in [-0.1, -0.05) is 35.3 Å². The van der Waals surface area contributed by atoms with E-state index in [0.717, 1.165) is 0 Å². The molecule has 2 heterocycles. The standard InChI is InChI=1S/C18H20Cl2N4O3/c1-2-27-18(26)14-16(22-13-7-4-3-6-12(13)21-14)23-8-5-9-24(11-10-23)17(25)15(19)20/h3-4,6-7,15H,2,5,8-11H2,1H3. The van der Waals surface area contributed by atoms with Crippen LogP contribution in [-0.2, 0) is 9.53 Å². The number of amides is 1. The Morgan fingerprint density at radius 1 is 1.11 bits per heavy atom. The quantitative estimate of drug-likeness (QED) is 0.569. The first-order chi connectivity index (χ1) is 13.0. The van der Waals surface area contributed by atoms with Crippen molar-refractivity contribution in [3.8, 4) is 0 Å². The summed E-state index contributed by atoms with van der Waals surface area (Å²) >= 11 is 11.4. The van der Waals surface area contributed by atoms with Gasteiger partial charge in [-0.15, -0.1) is 0 Å². The number of esters is 1. The predicted octanol–water partition coefficient (Wildman–Crippen LogP) is 2.65. The van der Waals surface area contributed by atoms with Gasteiger partial charge in [-0.05, 0) is 25.5 Å². The molecule has 1 saturated heterocycles. The van der Waals surface area contributed by atoms with E-state index in [1.807, 2.05) is 23.1 Å². The SMILES string of the molecule is CCOC(=O)c1nc2ccccc2nc1N1CCCN(C(=O)C(Cl)Cl)CC1. The second-order valence-corrected chi connectivity index (χ2v) is 7.17. The molecule has 0 bridgehead atoms. The largest absolute Gasteiger partial charge is 0.461 e. The molecule has 0 unspecified atom stereocenters. The lowest BCUT2D eigenvalue weighted by atomic mass is 10.2. The van der Waals surface area contributed by atoms with Crippen LogP contribution in [0.1, 0.15) is 23.8 Å². The van der Waals surface area contributed by atoms with Gasteiger partial charge < -0.3 is 14.5 Å². The van der Waals surface area contributed by atoms with E-state index in [9.17, 15) is 9.59 Å². The zero-order valence-electron chi connectivity index (χ0n) is 14.9. The normalized spacial score (nSPS) is 15.1. The smallest absolute Gasteiger partial charge is 0.360 e. The molecule has 0 radical (unpaired) electrons. The zero-order valence-corrected chi connectivity index (χ0v) is 16.4. The van der Waals surface area contributed by atoms with E-state index in [4.69, 9.17) is 27.9 Å². The van der Waals surface area contributed by atoms with Crippen LogP contribution in [0.5, 0.6) is 0 Å². The molecule has 0 N–H and O–H groups in total. The van der Waals surface area contributed by atoms with Gasteiger partial charge in [0.15, 0.2) is 16.3 Å². The van der Waals surface area contributed by atoms with Crippen molar-refractivity contribution < 1.29 is 14.3 Å². The third kappa shape index (κ3) is 4.42. The van der Waals surface area contributed by atoms with Gasteiger partial charge in [0.25, 0.3) is 5.91 Å². The minimum absolute atomic E-state index is 0.183. The Bertz CT molecular complexity index is 846. The summed E-state index contributed by atoms with van der Waals surface area (Å²) in [6.45, 7) is 4.09. The molecule has 1 aromatic carbocycles. The molecule has 0 saturated carbocycles. The van der Waals surface area contributed by atoms with E-state index < -0.39 is 10.8 Å². The van der Waals surface area contributed by atoms with Crippen LogP contribution >= 0.6 is 23.2 Å². The number of carbonyl (C=O) groups excluding carboxylic acids is 2. The molecule has 1 amide bonds. The van der Waals surface area contributed by atoms with E-state index in [2.05, 4.69) is 9.97 Å². The lowest BCUT2D eigenvalue weighted by Crippen LogP contribution is -2.38. The molecular weight excluding hydrogens is 391 g/mol. The van der Waals surface area contributed by atoms with Crippen LogP contribution < -0.4 is 4.90 Å². The summed E-state index contributed by atoms with van der Waals surface area (Å²) in [6, 6.07) is 7.36. The number of benzene rings is 1. The molecule has 27 heavy (non-hydrogen) atoms. The fourth-order valence-electron chi connectivity index (χ4n) is 3.04. The summed E-state index contributed by atoms with van der Waals surface area (Å²) in [5, 5.41) is 0. The Morgan fingerprint density at radius 3 is 2.48 bits per heavy atom. The number of carbonyl (C=O) groups is 2. The summed E-state index contributed by atoms with van der Waals surface area (Å²) in [5.41, 5.74) is 1.50. The molecule has 0 spiro atoms. The number of rotatable bonds is 4. The van der Waals surface area contributed by atoms with Gasteiger partial charge in [0.05, 0.1) is 17.6 Å². The molecule has 3 rings (SSSR count). The van der Waals surface area contributed by atoms with Crippen LogP contribution in [0.2, 0.25) is 0 Å². The van der Waals surface area contributed by atoms with Crippen LogP contribution in [-0.4, -0.2) is 64.4 Å². The maximum Gasteiger partial charge on any atom is 0.360 e. The molecule has 1 fully saturated rings. The third-order valence-corrected chi connectivity index (χ3v) is 4.69. The van der Waals surface area contributed by atoms with E-state index in [1.165, 1.54) is 0 Å². The first-order valence-corrected chi connectivity index (χ1v) is 9.64. The molecule has 1 aliphatic heterocycles. The summed E-state index contributed by atoms with van der Waals surface area (Å²) in [4.78, 5) is 36.2. The minimum atomic E-state index is -1.08. The number of hydrogen-bond acceptors (Lipinski definition) is 6. The van der Waals surface area contributed by atoms with E-state index in [1.54, 1.807) is 17.9 Å². The highest BCUT2D eigenvalue weighted by Gasteiger charge is 2.27. The highest BCUT2D eigenvalue weighted by atomic mass is 35.5. The van der Waals surface area contributed by atoms with E-state index >= 15 is 0 Å². The molecule has 1 aromatic heterocycles. The van der Waals surface area contributed by atoms with Crippen LogP contribution in [0.4, 0.5) is 5.82 Å².